The molecule has 0 saturated carbocycles. The second kappa shape index (κ2) is 6.32. The third-order valence-corrected chi connectivity index (χ3v) is 2.35. The van der Waals surface area contributed by atoms with Crippen LogP contribution in [0.15, 0.2) is 35.9 Å². The maximum Gasteiger partial charge on any atom is 0.314 e. The fourth-order valence-corrected chi connectivity index (χ4v) is 1.53. The molecule has 0 aliphatic rings. The van der Waals surface area contributed by atoms with Crippen LogP contribution in [0.5, 0.6) is 0 Å². The standard InChI is InChI=1S/C16H20O3/c1-12(10-13-8-6-5-7-9-13)14(17)11-15(18)19-16(2,3)4/h5-10H,11H2,1-4H3. The van der Waals surface area contributed by atoms with Crippen molar-refractivity contribution < 1.29 is 14.3 Å². The van der Waals surface area contributed by atoms with Crippen LogP contribution in [0.25, 0.3) is 6.08 Å². The van der Waals surface area contributed by atoms with Gasteiger partial charge in [0.05, 0.1) is 0 Å². The largest absolute Gasteiger partial charge is 0.460 e. The predicted molar refractivity (Wildman–Crippen MR) is 75.6 cm³/mol. The predicted octanol–water partition coefficient (Wildman–Crippen LogP) is 3.39. The van der Waals surface area contributed by atoms with Crippen LogP contribution in [0.3, 0.4) is 0 Å². The van der Waals surface area contributed by atoms with E-state index in [0.717, 1.165) is 5.56 Å². The summed E-state index contributed by atoms with van der Waals surface area (Å²) in [7, 11) is 0. The SMILES string of the molecule is CC(=Cc1ccccc1)C(=O)CC(=O)OC(C)(C)C. The van der Waals surface area contributed by atoms with Gasteiger partial charge in [-0.3, -0.25) is 9.59 Å². The van der Waals surface area contributed by atoms with Crippen molar-refractivity contribution in [2.24, 2.45) is 0 Å². The van der Waals surface area contributed by atoms with Crippen molar-refractivity contribution in [1.82, 2.24) is 0 Å². The highest BCUT2D eigenvalue weighted by molar-refractivity contribution is 6.07. The summed E-state index contributed by atoms with van der Waals surface area (Å²) in [5.74, 6) is -0.698. The van der Waals surface area contributed by atoms with Crippen LogP contribution in [0.4, 0.5) is 0 Å². The van der Waals surface area contributed by atoms with E-state index in [1.807, 2.05) is 30.3 Å². The third-order valence-electron chi connectivity index (χ3n) is 2.35. The van der Waals surface area contributed by atoms with E-state index in [9.17, 15) is 9.59 Å². The van der Waals surface area contributed by atoms with Crippen LogP contribution in [0.1, 0.15) is 39.7 Å². The molecular formula is C16H20O3. The molecule has 1 aromatic carbocycles. The highest BCUT2D eigenvalue weighted by atomic mass is 16.6. The molecule has 1 rings (SSSR count). The number of benzene rings is 1. The number of ketones is 1. The minimum atomic E-state index is -0.561. The molecule has 0 unspecified atom stereocenters. The minimum Gasteiger partial charge on any atom is -0.460 e. The monoisotopic (exact) mass is 260 g/mol. The van der Waals surface area contributed by atoms with Gasteiger partial charge in [-0.2, -0.15) is 0 Å². The molecule has 1 aromatic rings. The van der Waals surface area contributed by atoms with Gasteiger partial charge in [-0.05, 0) is 44.9 Å². The first kappa shape index (κ1) is 15.2. The lowest BCUT2D eigenvalue weighted by Crippen LogP contribution is -2.25. The number of hydrogen-bond acceptors (Lipinski definition) is 3. The van der Waals surface area contributed by atoms with Crippen molar-refractivity contribution in [3.05, 3.63) is 41.5 Å². The Labute approximate surface area is 114 Å². The van der Waals surface area contributed by atoms with Gasteiger partial charge in [-0.25, -0.2) is 0 Å². The molecule has 0 spiro atoms. The van der Waals surface area contributed by atoms with E-state index in [2.05, 4.69) is 0 Å². The summed E-state index contributed by atoms with van der Waals surface area (Å²) < 4.78 is 5.12. The van der Waals surface area contributed by atoms with Gasteiger partial charge in [-0.1, -0.05) is 30.3 Å². The molecular weight excluding hydrogens is 240 g/mol. The van der Waals surface area contributed by atoms with Crippen LogP contribution in [-0.4, -0.2) is 17.4 Å². The molecule has 3 heteroatoms. The summed E-state index contributed by atoms with van der Waals surface area (Å²) >= 11 is 0. The van der Waals surface area contributed by atoms with Gasteiger partial charge in [0.25, 0.3) is 0 Å². The van der Waals surface area contributed by atoms with Gasteiger partial charge in [0.1, 0.15) is 12.0 Å². The molecule has 0 fully saturated rings. The average Bonchev–Trinajstić information content (AvgIpc) is 2.27. The quantitative estimate of drug-likeness (QED) is 0.473. The van der Waals surface area contributed by atoms with E-state index in [1.54, 1.807) is 33.8 Å². The summed E-state index contributed by atoms with van der Waals surface area (Å²) in [5, 5.41) is 0. The Kier molecular flexibility index (Phi) is 5.04. The van der Waals surface area contributed by atoms with E-state index >= 15 is 0 Å². The first-order valence-corrected chi connectivity index (χ1v) is 6.26. The Bertz CT molecular complexity index is 478. The van der Waals surface area contributed by atoms with Crippen LogP contribution >= 0.6 is 0 Å². The number of carbonyl (C=O) groups is 2. The Hall–Kier alpha value is -1.90. The second-order valence-electron chi connectivity index (χ2n) is 5.42. The fourth-order valence-electron chi connectivity index (χ4n) is 1.53. The Morgan fingerprint density at radius 3 is 2.26 bits per heavy atom. The zero-order valence-electron chi connectivity index (χ0n) is 11.9. The number of hydrogen-bond donors (Lipinski definition) is 0. The molecule has 0 radical (unpaired) electrons. The van der Waals surface area contributed by atoms with E-state index in [-0.39, 0.29) is 12.2 Å². The maximum atomic E-state index is 11.9. The third kappa shape index (κ3) is 6.00. The summed E-state index contributed by atoms with van der Waals surface area (Å²) in [6.45, 7) is 7.05. The number of carbonyl (C=O) groups excluding carboxylic acids is 2. The molecule has 0 aliphatic heterocycles. The lowest BCUT2D eigenvalue weighted by Gasteiger charge is -2.19. The molecule has 0 saturated heterocycles. The molecule has 0 heterocycles. The van der Waals surface area contributed by atoms with Crippen molar-refractivity contribution >= 4 is 17.8 Å². The van der Waals surface area contributed by atoms with Gasteiger partial charge in [0.2, 0.25) is 0 Å². The number of ether oxygens (including phenoxy) is 1. The van der Waals surface area contributed by atoms with Gasteiger partial charge >= 0.3 is 5.97 Å². The maximum absolute atomic E-state index is 11.9. The number of esters is 1. The van der Waals surface area contributed by atoms with E-state index < -0.39 is 11.6 Å². The average molecular weight is 260 g/mol. The topological polar surface area (TPSA) is 43.4 Å². The molecule has 0 aromatic heterocycles. The second-order valence-corrected chi connectivity index (χ2v) is 5.42. The van der Waals surface area contributed by atoms with Crippen LogP contribution in [0.2, 0.25) is 0 Å². The van der Waals surface area contributed by atoms with Gasteiger partial charge < -0.3 is 4.74 Å². The van der Waals surface area contributed by atoms with Crippen molar-refractivity contribution in [3.8, 4) is 0 Å². The first-order valence-electron chi connectivity index (χ1n) is 6.26. The van der Waals surface area contributed by atoms with Crippen molar-refractivity contribution in [3.63, 3.8) is 0 Å². The summed E-state index contributed by atoms with van der Waals surface area (Å²) in [6, 6.07) is 9.53. The smallest absolute Gasteiger partial charge is 0.314 e. The summed E-state index contributed by atoms with van der Waals surface area (Å²) in [6.07, 6.45) is 1.55. The Balaban J connectivity index is 2.64. The van der Waals surface area contributed by atoms with Crippen molar-refractivity contribution in [2.45, 2.75) is 39.7 Å². The molecule has 102 valence electrons. The molecule has 0 N–H and O–H groups in total. The normalized spacial score (nSPS) is 12.1. The number of allylic oxidation sites excluding steroid dienone is 1. The van der Waals surface area contributed by atoms with Gasteiger partial charge in [-0.15, -0.1) is 0 Å². The first-order chi connectivity index (χ1) is 8.78. The highest BCUT2D eigenvalue weighted by Crippen LogP contribution is 2.12. The van der Waals surface area contributed by atoms with Crippen LogP contribution in [0, 0.1) is 0 Å². The van der Waals surface area contributed by atoms with Gasteiger partial charge in [0.15, 0.2) is 5.78 Å². The van der Waals surface area contributed by atoms with Crippen molar-refractivity contribution in [1.29, 1.82) is 0 Å². The summed E-state index contributed by atoms with van der Waals surface area (Å²) in [5.41, 5.74) is 0.934. The molecule has 0 amide bonds. The van der Waals surface area contributed by atoms with E-state index in [1.165, 1.54) is 0 Å². The molecule has 19 heavy (non-hydrogen) atoms. The van der Waals surface area contributed by atoms with Gasteiger partial charge in [0, 0.05) is 0 Å². The molecule has 3 nitrogen and oxygen atoms in total. The highest BCUT2D eigenvalue weighted by Gasteiger charge is 2.19. The molecule has 0 atom stereocenters. The minimum absolute atomic E-state index is 0.210. The zero-order chi connectivity index (χ0) is 14.5. The van der Waals surface area contributed by atoms with E-state index in [4.69, 9.17) is 4.74 Å². The zero-order valence-corrected chi connectivity index (χ0v) is 11.9. The Morgan fingerprint density at radius 1 is 1.16 bits per heavy atom. The lowest BCUT2D eigenvalue weighted by atomic mass is 10.1. The van der Waals surface area contributed by atoms with Crippen LogP contribution < -0.4 is 0 Å². The summed E-state index contributed by atoms with van der Waals surface area (Å²) in [4.78, 5) is 23.4. The molecule has 0 bridgehead atoms. The number of rotatable bonds is 4. The fraction of sp³-hybridized carbons (Fsp3) is 0.375. The lowest BCUT2D eigenvalue weighted by molar-refractivity contribution is -0.155. The molecule has 0 aliphatic carbocycles. The van der Waals surface area contributed by atoms with Crippen LogP contribution in [-0.2, 0) is 14.3 Å². The van der Waals surface area contributed by atoms with E-state index in [0.29, 0.717) is 5.57 Å². The number of Topliss-reactive ketones (excluding diaryl/α,β-unsaturated/α-hetero) is 1. The van der Waals surface area contributed by atoms with Crippen molar-refractivity contribution in [2.75, 3.05) is 0 Å². The Morgan fingerprint density at radius 2 is 1.74 bits per heavy atom.